The lowest BCUT2D eigenvalue weighted by molar-refractivity contribution is 0.115. The number of ether oxygens (including phenoxy) is 1. The first-order chi connectivity index (χ1) is 13.7. The van der Waals surface area contributed by atoms with Gasteiger partial charge in [0.2, 0.25) is 0 Å². The highest BCUT2D eigenvalue weighted by Gasteiger charge is 2.26. The van der Waals surface area contributed by atoms with Crippen molar-refractivity contribution in [1.29, 1.82) is 0 Å². The minimum Gasteiger partial charge on any atom is -0.489 e. The predicted octanol–water partition coefficient (Wildman–Crippen LogP) is 4.17. The van der Waals surface area contributed by atoms with E-state index in [1.165, 1.54) is 19.3 Å². The van der Waals surface area contributed by atoms with Gasteiger partial charge in [-0.3, -0.25) is 10.3 Å². The summed E-state index contributed by atoms with van der Waals surface area (Å²) < 4.78 is 8.00. The highest BCUT2D eigenvalue weighted by Crippen LogP contribution is 2.30. The molecule has 1 aliphatic carbocycles. The Morgan fingerprint density at radius 3 is 2.68 bits per heavy atom. The fourth-order valence-corrected chi connectivity index (χ4v) is 4.19. The maximum absolute atomic E-state index is 12.8. The number of hydrogen-bond donors (Lipinski definition) is 1. The first-order valence-corrected chi connectivity index (χ1v) is 10.4. The van der Waals surface area contributed by atoms with Crippen molar-refractivity contribution < 1.29 is 9.53 Å². The summed E-state index contributed by atoms with van der Waals surface area (Å²) in [6.07, 6.45) is 11.3. The molecule has 1 saturated carbocycles. The third-order valence-electron chi connectivity index (χ3n) is 5.68. The molecular formula is C21H29N5O2. The summed E-state index contributed by atoms with van der Waals surface area (Å²) in [5, 5.41) is 7.75. The highest BCUT2D eigenvalue weighted by atomic mass is 16.5. The van der Waals surface area contributed by atoms with E-state index in [4.69, 9.17) is 4.74 Å². The first kappa shape index (κ1) is 18.8. The van der Waals surface area contributed by atoms with Gasteiger partial charge >= 0.3 is 6.03 Å². The van der Waals surface area contributed by atoms with E-state index in [1.54, 1.807) is 12.4 Å². The molecule has 7 nitrogen and oxygen atoms in total. The van der Waals surface area contributed by atoms with Gasteiger partial charge in [0.25, 0.3) is 0 Å². The Balaban J connectivity index is 1.32. The molecule has 2 fully saturated rings. The van der Waals surface area contributed by atoms with Gasteiger partial charge in [0.15, 0.2) is 0 Å². The van der Waals surface area contributed by atoms with Crippen LogP contribution in [0.25, 0.3) is 0 Å². The largest absolute Gasteiger partial charge is 0.489 e. The number of aromatic nitrogens is 3. The monoisotopic (exact) mass is 383 g/mol. The van der Waals surface area contributed by atoms with Gasteiger partial charge in [-0.15, -0.1) is 0 Å². The molecule has 0 spiro atoms. The SMILES string of the molecule is Cc1cc(NC(=O)N2CCC(Oc3cccnc3)CC2)n(C2CCCCC2)n1. The molecule has 0 atom stereocenters. The predicted molar refractivity (Wildman–Crippen MR) is 108 cm³/mol. The van der Waals surface area contributed by atoms with Gasteiger partial charge in [0.05, 0.1) is 17.9 Å². The van der Waals surface area contributed by atoms with E-state index in [9.17, 15) is 4.79 Å². The molecule has 1 saturated heterocycles. The number of nitrogens with one attached hydrogen (secondary N) is 1. The summed E-state index contributed by atoms with van der Waals surface area (Å²) in [4.78, 5) is 18.8. The molecule has 2 aromatic rings. The number of piperidine rings is 1. The zero-order chi connectivity index (χ0) is 19.3. The number of nitrogens with zero attached hydrogens (tertiary/aromatic N) is 4. The number of anilines is 1. The minimum absolute atomic E-state index is 0.0446. The molecule has 0 radical (unpaired) electrons. The van der Waals surface area contributed by atoms with Crippen molar-refractivity contribution in [1.82, 2.24) is 19.7 Å². The van der Waals surface area contributed by atoms with Gasteiger partial charge in [-0.05, 0) is 31.9 Å². The molecule has 2 aliphatic rings. The number of pyridine rings is 1. The smallest absolute Gasteiger partial charge is 0.323 e. The Labute approximate surface area is 166 Å². The summed E-state index contributed by atoms with van der Waals surface area (Å²) >= 11 is 0. The Hall–Kier alpha value is -2.57. The fraction of sp³-hybridized carbons (Fsp3) is 0.571. The van der Waals surface area contributed by atoms with Gasteiger partial charge in [-0.25, -0.2) is 9.48 Å². The molecule has 28 heavy (non-hydrogen) atoms. The molecule has 1 N–H and O–H groups in total. The summed E-state index contributed by atoms with van der Waals surface area (Å²) in [6, 6.07) is 6.12. The van der Waals surface area contributed by atoms with E-state index in [2.05, 4.69) is 15.4 Å². The molecule has 7 heteroatoms. The van der Waals surface area contributed by atoms with Crippen LogP contribution in [0.4, 0.5) is 10.6 Å². The molecule has 0 bridgehead atoms. The lowest BCUT2D eigenvalue weighted by Crippen LogP contribution is -2.44. The van der Waals surface area contributed by atoms with Crippen LogP contribution in [-0.4, -0.2) is 44.9 Å². The Morgan fingerprint density at radius 1 is 1.18 bits per heavy atom. The maximum Gasteiger partial charge on any atom is 0.323 e. The third kappa shape index (κ3) is 4.46. The fourth-order valence-electron chi connectivity index (χ4n) is 4.19. The van der Waals surface area contributed by atoms with Crippen LogP contribution in [0.2, 0.25) is 0 Å². The number of carbonyl (C=O) groups excluding carboxylic acids is 1. The van der Waals surface area contributed by atoms with Crippen LogP contribution < -0.4 is 10.1 Å². The van der Waals surface area contributed by atoms with E-state index in [0.717, 1.165) is 42.9 Å². The second kappa shape index (κ2) is 8.63. The van der Waals surface area contributed by atoms with Crippen molar-refractivity contribution in [2.45, 2.75) is 64.0 Å². The van der Waals surface area contributed by atoms with E-state index >= 15 is 0 Å². The first-order valence-electron chi connectivity index (χ1n) is 10.4. The zero-order valence-electron chi connectivity index (χ0n) is 16.5. The number of likely N-dealkylation sites (tertiary alicyclic amines) is 1. The Morgan fingerprint density at radius 2 is 1.96 bits per heavy atom. The van der Waals surface area contributed by atoms with Gasteiger partial charge in [-0.1, -0.05) is 19.3 Å². The van der Waals surface area contributed by atoms with Gasteiger partial charge in [-0.2, -0.15) is 5.10 Å². The van der Waals surface area contributed by atoms with Crippen LogP contribution >= 0.6 is 0 Å². The number of hydrogen-bond acceptors (Lipinski definition) is 4. The van der Waals surface area contributed by atoms with Crippen molar-refractivity contribution >= 4 is 11.8 Å². The molecule has 4 rings (SSSR count). The topological polar surface area (TPSA) is 72.3 Å². The van der Waals surface area contributed by atoms with Crippen molar-refractivity contribution in [2.24, 2.45) is 0 Å². The van der Waals surface area contributed by atoms with Crippen molar-refractivity contribution in [2.75, 3.05) is 18.4 Å². The number of aryl methyl sites for hydroxylation is 1. The highest BCUT2D eigenvalue weighted by molar-refractivity contribution is 5.88. The number of urea groups is 1. The lowest BCUT2D eigenvalue weighted by Gasteiger charge is -2.32. The van der Waals surface area contributed by atoms with Crippen molar-refractivity contribution in [3.63, 3.8) is 0 Å². The van der Waals surface area contributed by atoms with E-state index in [0.29, 0.717) is 19.1 Å². The number of amides is 2. The molecule has 0 aromatic carbocycles. The summed E-state index contributed by atoms with van der Waals surface area (Å²) in [6.45, 7) is 3.36. The van der Waals surface area contributed by atoms with Crippen LogP contribution in [-0.2, 0) is 0 Å². The zero-order valence-corrected chi connectivity index (χ0v) is 16.5. The van der Waals surface area contributed by atoms with Crippen LogP contribution in [0.5, 0.6) is 5.75 Å². The average molecular weight is 383 g/mol. The van der Waals surface area contributed by atoms with E-state index < -0.39 is 0 Å². The molecule has 1 aliphatic heterocycles. The molecule has 2 aromatic heterocycles. The minimum atomic E-state index is -0.0446. The van der Waals surface area contributed by atoms with E-state index in [1.807, 2.05) is 34.7 Å². The van der Waals surface area contributed by atoms with Crippen LogP contribution in [0.3, 0.4) is 0 Å². The summed E-state index contributed by atoms with van der Waals surface area (Å²) in [7, 11) is 0. The summed E-state index contributed by atoms with van der Waals surface area (Å²) in [5.41, 5.74) is 0.949. The number of carbonyl (C=O) groups is 1. The summed E-state index contributed by atoms with van der Waals surface area (Å²) in [5.74, 6) is 1.61. The quantitative estimate of drug-likeness (QED) is 0.860. The number of rotatable bonds is 4. The van der Waals surface area contributed by atoms with Crippen LogP contribution in [0, 0.1) is 6.92 Å². The van der Waals surface area contributed by atoms with Crippen molar-refractivity contribution in [3.8, 4) is 5.75 Å². The average Bonchev–Trinajstić information content (AvgIpc) is 3.10. The molecular weight excluding hydrogens is 354 g/mol. The van der Waals surface area contributed by atoms with Crippen LogP contribution in [0.15, 0.2) is 30.6 Å². The second-order valence-electron chi connectivity index (χ2n) is 7.83. The maximum atomic E-state index is 12.8. The molecule has 0 unspecified atom stereocenters. The second-order valence-corrected chi connectivity index (χ2v) is 7.83. The molecule has 3 heterocycles. The Bertz CT molecular complexity index is 777. The van der Waals surface area contributed by atoms with Crippen LogP contribution in [0.1, 0.15) is 56.7 Å². The van der Waals surface area contributed by atoms with Gasteiger partial charge < -0.3 is 9.64 Å². The Kier molecular flexibility index (Phi) is 5.78. The van der Waals surface area contributed by atoms with Gasteiger partial charge in [0, 0.05) is 38.2 Å². The van der Waals surface area contributed by atoms with E-state index in [-0.39, 0.29) is 12.1 Å². The lowest BCUT2D eigenvalue weighted by atomic mass is 9.96. The molecule has 150 valence electrons. The normalized spacial score (nSPS) is 18.8. The third-order valence-corrected chi connectivity index (χ3v) is 5.68. The van der Waals surface area contributed by atoms with Gasteiger partial charge in [0.1, 0.15) is 17.7 Å². The molecule has 2 amide bonds. The standard InChI is InChI=1S/C21H29N5O2/c1-16-14-20(26(24-16)17-6-3-2-4-7-17)23-21(27)25-12-9-18(10-13-25)28-19-8-5-11-22-15-19/h5,8,11,14-15,17-18H,2-4,6-7,9-10,12-13H2,1H3,(H,23,27). The van der Waals surface area contributed by atoms with Crippen molar-refractivity contribution in [3.05, 3.63) is 36.3 Å².